The fourth-order valence-electron chi connectivity index (χ4n) is 1.35. The lowest BCUT2D eigenvalue weighted by Crippen LogP contribution is -2.17. The molecule has 0 amide bonds. The lowest BCUT2D eigenvalue weighted by atomic mass is 9.91. The molecule has 1 aromatic rings. The van der Waals surface area contributed by atoms with Crippen LogP contribution in [-0.2, 0) is 6.54 Å². The first-order valence-corrected chi connectivity index (χ1v) is 5.27. The van der Waals surface area contributed by atoms with Gasteiger partial charge in [0.2, 0.25) is 0 Å². The van der Waals surface area contributed by atoms with Crippen LogP contribution in [0.25, 0.3) is 0 Å². The molecule has 0 aromatic carbocycles. The fourth-order valence-corrected chi connectivity index (χ4v) is 1.35. The van der Waals surface area contributed by atoms with Crippen LogP contribution < -0.4 is 5.32 Å². The largest absolute Gasteiger partial charge is 0.311 e. The maximum absolute atomic E-state index is 3.90. The lowest BCUT2D eigenvalue weighted by molar-refractivity contribution is 0.361. The van der Waals surface area contributed by atoms with Gasteiger partial charge in [-0.25, -0.2) is 0 Å². The Labute approximate surface area is 86.3 Å². The molecule has 0 aliphatic rings. The van der Waals surface area contributed by atoms with E-state index in [-0.39, 0.29) is 0 Å². The average molecular weight is 195 g/mol. The Hall–Kier alpha value is -0.830. The monoisotopic (exact) mass is 195 g/mol. The van der Waals surface area contributed by atoms with Crippen molar-refractivity contribution in [3.05, 3.63) is 18.0 Å². The van der Waals surface area contributed by atoms with Crippen LogP contribution in [0.3, 0.4) is 0 Å². The number of hydrogen-bond acceptors (Lipinski definition) is 2. The van der Waals surface area contributed by atoms with E-state index in [4.69, 9.17) is 0 Å². The summed E-state index contributed by atoms with van der Waals surface area (Å²) in [5, 5.41) is 10.2. The molecule has 3 nitrogen and oxygen atoms in total. The molecule has 2 N–H and O–H groups in total. The van der Waals surface area contributed by atoms with Crippen LogP contribution >= 0.6 is 0 Å². The highest BCUT2D eigenvalue weighted by Gasteiger charge is 2.08. The molecule has 0 saturated carbocycles. The van der Waals surface area contributed by atoms with Gasteiger partial charge in [-0.3, -0.25) is 5.10 Å². The van der Waals surface area contributed by atoms with Crippen molar-refractivity contribution in [3.8, 4) is 0 Å². The molecular formula is C11H21N3. The Bertz CT molecular complexity index is 234. The van der Waals surface area contributed by atoms with Crippen molar-refractivity contribution in [2.24, 2.45) is 5.41 Å². The molecule has 0 saturated heterocycles. The minimum atomic E-state index is 0.454. The Morgan fingerprint density at radius 1 is 1.43 bits per heavy atom. The number of hydrogen-bond donors (Lipinski definition) is 2. The zero-order valence-electron chi connectivity index (χ0n) is 9.43. The van der Waals surface area contributed by atoms with Gasteiger partial charge in [0.1, 0.15) is 0 Å². The van der Waals surface area contributed by atoms with Crippen LogP contribution in [0.5, 0.6) is 0 Å². The second-order valence-corrected chi connectivity index (χ2v) is 4.92. The number of H-pyrrole nitrogens is 1. The summed E-state index contributed by atoms with van der Waals surface area (Å²) in [5.41, 5.74) is 1.61. The summed E-state index contributed by atoms with van der Waals surface area (Å²) in [6, 6.07) is 2.00. The molecule has 0 atom stereocenters. The van der Waals surface area contributed by atoms with Gasteiger partial charge in [0, 0.05) is 18.4 Å². The first-order valence-electron chi connectivity index (χ1n) is 5.27. The van der Waals surface area contributed by atoms with Crippen molar-refractivity contribution in [2.45, 2.75) is 40.2 Å². The Morgan fingerprint density at radius 2 is 2.21 bits per heavy atom. The first kappa shape index (κ1) is 11.2. The van der Waals surface area contributed by atoms with Crippen LogP contribution in [0.1, 0.15) is 39.3 Å². The van der Waals surface area contributed by atoms with Crippen LogP contribution in [0.15, 0.2) is 12.3 Å². The third kappa shape index (κ3) is 5.02. The van der Waals surface area contributed by atoms with Gasteiger partial charge in [-0.1, -0.05) is 20.8 Å². The highest BCUT2D eigenvalue weighted by molar-refractivity contribution is 4.96. The van der Waals surface area contributed by atoms with E-state index in [0.29, 0.717) is 5.41 Å². The maximum atomic E-state index is 3.90. The van der Waals surface area contributed by atoms with Gasteiger partial charge in [0.25, 0.3) is 0 Å². The Balaban J connectivity index is 2.00. The highest BCUT2D eigenvalue weighted by Crippen LogP contribution is 2.19. The Kier molecular flexibility index (Phi) is 4.14. The van der Waals surface area contributed by atoms with Crippen molar-refractivity contribution in [1.29, 1.82) is 0 Å². The number of nitrogens with zero attached hydrogens (tertiary/aromatic N) is 1. The molecule has 1 aromatic heterocycles. The smallest absolute Gasteiger partial charge is 0.0490 e. The summed E-state index contributed by atoms with van der Waals surface area (Å²) < 4.78 is 0. The molecule has 0 aliphatic heterocycles. The third-order valence-electron chi connectivity index (χ3n) is 2.15. The van der Waals surface area contributed by atoms with Gasteiger partial charge in [0.05, 0.1) is 0 Å². The first-order chi connectivity index (χ1) is 6.58. The third-order valence-corrected chi connectivity index (χ3v) is 2.15. The molecule has 80 valence electrons. The summed E-state index contributed by atoms with van der Waals surface area (Å²) in [6.07, 6.45) is 4.28. The second-order valence-electron chi connectivity index (χ2n) is 4.92. The topological polar surface area (TPSA) is 40.7 Å². The molecule has 0 radical (unpaired) electrons. The number of nitrogens with one attached hydrogen (secondary N) is 2. The van der Waals surface area contributed by atoms with Crippen LogP contribution in [0, 0.1) is 5.41 Å². The van der Waals surface area contributed by atoms with E-state index in [0.717, 1.165) is 18.8 Å². The average Bonchev–Trinajstić information content (AvgIpc) is 2.54. The molecule has 0 bridgehead atoms. The van der Waals surface area contributed by atoms with Crippen molar-refractivity contribution in [1.82, 2.24) is 15.5 Å². The van der Waals surface area contributed by atoms with E-state index in [2.05, 4.69) is 36.3 Å². The van der Waals surface area contributed by atoms with Gasteiger partial charge in [-0.05, 0) is 30.9 Å². The minimum Gasteiger partial charge on any atom is -0.311 e. The van der Waals surface area contributed by atoms with E-state index >= 15 is 0 Å². The molecule has 0 fully saturated rings. The van der Waals surface area contributed by atoms with E-state index in [1.54, 1.807) is 6.20 Å². The number of aromatic amines is 1. The van der Waals surface area contributed by atoms with E-state index in [9.17, 15) is 0 Å². The molecule has 1 heterocycles. The van der Waals surface area contributed by atoms with Crippen molar-refractivity contribution < 1.29 is 0 Å². The summed E-state index contributed by atoms with van der Waals surface area (Å²) in [4.78, 5) is 0. The van der Waals surface area contributed by atoms with Gasteiger partial charge in [-0.2, -0.15) is 5.10 Å². The molecule has 0 spiro atoms. The SMILES string of the molecule is CC(C)(C)CCCNCc1ccn[nH]1. The minimum absolute atomic E-state index is 0.454. The number of rotatable bonds is 5. The Morgan fingerprint density at radius 3 is 2.79 bits per heavy atom. The lowest BCUT2D eigenvalue weighted by Gasteiger charge is -2.17. The zero-order valence-corrected chi connectivity index (χ0v) is 9.43. The standard InChI is InChI=1S/C11H21N3/c1-11(2,3)6-4-7-12-9-10-5-8-13-14-10/h5,8,12H,4,6-7,9H2,1-3H3,(H,13,14). The van der Waals surface area contributed by atoms with Crippen molar-refractivity contribution >= 4 is 0 Å². The van der Waals surface area contributed by atoms with Crippen LogP contribution in [0.2, 0.25) is 0 Å². The normalized spacial score (nSPS) is 11.9. The summed E-state index contributed by atoms with van der Waals surface area (Å²) >= 11 is 0. The van der Waals surface area contributed by atoms with Crippen LogP contribution in [0.4, 0.5) is 0 Å². The molecule has 0 aliphatic carbocycles. The van der Waals surface area contributed by atoms with E-state index in [1.807, 2.05) is 6.07 Å². The molecule has 3 heteroatoms. The van der Waals surface area contributed by atoms with Crippen molar-refractivity contribution in [2.75, 3.05) is 6.54 Å². The fraction of sp³-hybridized carbons (Fsp3) is 0.727. The van der Waals surface area contributed by atoms with Crippen molar-refractivity contribution in [3.63, 3.8) is 0 Å². The van der Waals surface area contributed by atoms with Crippen LogP contribution in [-0.4, -0.2) is 16.7 Å². The number of aromatic nitrogens is 2. The summed E-state index contributed by atoms with van der Waals surface area (Å²) in [7, 11) is 0. The molecule has 1 rings (SSSR count). The van der Waals surface area contributed by atoms with E-state index < -0.39 is 0 Å². The summed E-state index contributed by atoms with van der Waals surface area (Å²) in [6.45, 7) is 8.81. The predicted molar refractivity (Wildman–Crippen MR) is 59.0 cm³/mol. The highest BCUT2D eigenvalue weighted by atomic mass is 15.1. The van der Waals surface area contributed by atoms with E-state index in [1.165, 1.54) is 12.8 Å². The van der Waals surface area contributed by atoms with Gasteiger partial charge in [-0.15, -0.1) is 0 Å². The zero-order chi connectivity index (χ0) is 10.4. The molecular weight excluding hydrogens is 174 g/mol. The maximum Gasteiger partial charge on any atom is 0.0490 e. The van der Waals surface area contributed by atoms with Gasteiger partial charge in [0.15, 0.2) is 0 Å². The van der Waals surface area contributed by atoms with Gasteiger partial charge >= 0.3 is 0 Å². The second kappa shape index (κ2) is 5.15. The quantitative estimate of drug-likeness (QED) is 0.708. The molecule has 0 unspecified atom stereocenters. The van der Waals surface area contributed by atoms with Gasteiger partial charge < -0.3 is 5.32 Å². The molecule has 14 heavy (non-hydrogen) atoms. The predicted octanol–water partition coefficient (Wildman–Crippen LogP) is 2.33. The summed E-state index contributed by atoms with van der Waals surface area (Å²) in [5.74, 6) is 0.